The molecule has 1 amide bonds. The molecule has 3 rings (SSSR count). The minimum Gasteiger partial charge on any atom is -0.482 e. The maximum atomic E-state index is 12.1. The highest BCUT2D eigenvalue weighted by Gasteiger charge is 2.23. The number of carbonyl (C=O) groups excluding carboxylic acids is 1. The Morgan fingerprint density at radius 1 is 1.36 bits per heavy atom. The normalized spacial score (nSPS) is 16.5. The Bertz CT molecular complexity index is 851. The Labute approximate surface area is 173 Å². The lowest BCUT2D eigenvalue weighted by atomic mass is 10.0. The molecular weight excluding hydrogens is 403 g/mol. The zero-order chi connectivity index (χ0) is 20.1. The number of carbonyl (C=O) groups is 1. The number of benzene rings is 1. The van der Waals surface area contributed by atoms with E-state index < -0.39 is 5.91 Å². The number of anilines is 3. The summed E-state index contributed by atoms with van der Waals surface area (Å²) in [7, 11) is 0. The Balaban J connectivity index is 1.58. The highest BCUT2D eigenvalue weighted by atomic mass is 35.5. The average molecular weight is 425 g/mol. The summed E-state index contributed by atoms with van der Waals surface area (Å²) < 4.78 is 5.39. The second kappa shape index (κ2) is 9.16. The molecule has 0 bridgehead atoms. The third-order valence-electron chi connectivity index (χ3n) is 4.51. The molecule has 1 unspecified atom stereocenters. The summed E-state index contributed by atoms with van der Waals surface area (Å²) in [5.41, 5.74) is 11.8. The van der Waals surface area contributed by atoms with E-state index in [9.17, 15) is 4.79 Å². The molecule has 1 aliphatic rings. The largest absolute Gasteiger partial charge is 0.482 e. The average Bonchev–Trinajstić information content (AvgIpc) is 2.67. The van der Waals surface area contributed by atoms with Crippen molar-refractivity contribution in [3.63, 3.8) is 0 Å². The molecule has 0 aliphatic carbocycles. The van der Waals surface area contributed by atoms with Gasteiger partial charge in [0.1, 0.15) is 17.8 Å². The van der Waals surface area contributed by atoms with Crippen molar-refractivity contribution in [2.45, 2.75) is 32.2 Å². The van der Waals surface area contributed by atoms with Crippen molar-refractivity contribution < 1.29 is 9.53 Å². The molecule has 0 spiro atoms. The molecule has 2 heterocycles. The van der Waals surface area contributed by atoms with Crippen LogP contribution in [0.3, 0.4) is 0 Å². The molecule has 2 aromatic rings. The number of halogens is 2. The van der Waals surface area contributed by atoms with Crippen molar-refractivity contribution in [3.8, 4) is 5.75 Å². The van der Waals surface area contributed by atoms with E-state index in [1.165, 1.54) is 12.7 Å². The first-order valence-electron chi connectivity index (χ1n) is 8.95. The SMILES string of the molecule is CC1CCCCN1c1ncnc(NNC(=O)COc2ccc(Cl)cc2Cl)c1N. The third-order valence-corrected chi connectivity index (χ3v) is 5.04. The van der Waals surface area contributed by atoms with Gasteiger partial charge in [-0.05, 0) is 44.4 Å². The smallest absolute Gasteiger partial charge is 0.276 e. The predicted molar refractivity (Wildman–Crippen MR) is 111 cm³/mol. The second-order valence-electron chi connectivity index (χ2n) is 6.53. The number of nitrogens with one attached hydrogen (secondary N) is 2. The van der Waals surface area contributed by atoms with Crippen molar-refractivity contribution >= 4 is 46.4 Å². The Kier molecular flexibility index (Phi) is 6.64. The second-order valence-corrected chi connectivity index (χ2v) is 7.38. The van der Waals surface area contributed by atoms with Crippen LogP contribution in [0.2, 0.25) is 10.0 Å². The molecule has 150 valence electrons. The number of aromatic nitrogens is 2. The minimum atomic E-state index is -0.420. The number of piperidine rings is 1. The van der Waals surface area contributed by atoms with E-state index in [4.69, 9.17) is 33.7 Å². The van der Waals surface area contributed by atoms with E-state index in [-0.39, 0.29) is 6.61 Å². The summed E-state index contributed by atoms with van der Waals surface area (Å²) in [6.07, 6.45) is 4.80. The standard InChI is InChI=1S/C18H22Cl2N6O2/c1-11-4-2-3-7-26(11)18-16(21)17(22-10-23-18)25-24-15(27)9-28-14-6-5-12(19)8-13(14)20/h5-6,8,10-11H,2-4,7,9,21H2,1H3,(H,24,27)(H,22,23,25). The Hall–Kier alpha value is -2.45. The summed E-state index contributed by atoms with van der Waals surface area (Å²) in [5.74, 6) is 0.949. The fourth-order valence-corrected chi connectivity index (χ4v) is 3.49. The molecule has 1 fully saturated rings. The van der Waals surface area contributed by atoms with Gasteiger partial charge in [-0.15, -0.1) is 0 Å². The molecule has 0 radical (unpaired) electrons. The summed E-state index contributed by atoms with van der Waals surface area (Å²) in [6.45, 7) is 2.80. The van der Waals surface area contributed by atoms with Gasteiger partial charge in [-0.1, -0.05) is 23.2 Å². The zero-order valence-corrected chi connectivity index (χ0v) is 16.9. The summed E-state index contributed by atoms with van der Waals surface area (Å²) in [5, 5.41) is 0.815. The van der Waals surface area contributed by atoms with E-state index >= 15 is 0 Å². The first-order chi connectivity index (χ1) is 13.5. The lowest BCUT2D eigenvalue weighted by Gasteiger charge is -2.35. The van der Waals surface area contributed by atoms with Crippen LogP contribution in [-0.2, 0) is 4.79 Å². The summed E-state index contributed by atoms with van der Waals surface area (Å²) in [4.78, 5) is 22.6. The van der Waals surface area contributed by atoms with Crippen LogP contribution < -0.4 is 26.2 Å². The number of ether oxygens (including phenoxy) is 1. The maximum Gasteiger partial charge on any atom is 0.276 e. The molecule has 1 aliphatic heterocycles. The molecule has 1 aromatic heterocycles. The number of nitrogens with zero attached hydrogens (tertiary/aromatic N) is 3. The number of hydrogen-bond donors (Lipinski definition) is 3. The Morgan fingerprint density at radius 3 is 2.93 bits per heavy atom. The van der Waals surface area contributed by atoms with Gasteiger partial charge in [0.2, 0.25) is 0 Å². The number of hydrazine groups is 1. The lowest BCUT2D eigenvalue weighted by Crippen LogP contribution is -2.39. The fraction of sp³-hybridized carbons (Fsp3) is 0.389. The molecule has 10 heteroatoms. The number of nitrogens with two attached hydrogens (primary N) is 1. The molecular formula is C18H22Cl2N6O2. The van der Waals surface area contributed by atoms with Crippen LogP contribution in [0.4, 0.5) is 17.3 Å². The maximum absolute atomic E-state index is 12.1. The lowest BCUT2D eigenvalue weighted by molar-refractivity contribution is -0.122. The molecule has 28 heavy (non-hydrogen) atoms. The fourth-order valence-electron chi connectivity index (χ4n) is 3.03. The number of rotatable bonds is 6. The molecule has 1 aromatic carbocycles. The highest BCUT2D eigenvalue weighted by Crippen LogP contribution is 2.30. The van der Waals surface area contributed by atoms with Gasteiger partial charge in [-0.25, -0.2) is 9.97 Å². The van der Waals surface area contributed by atoms with Gasteiger partial charge < -0.3 is 15.4 Å². The zero-order valence-electron chi connectivity index (χ0n) is 15.4. The first kappa shape index (κ1) is 20.3. The van der Waals surface area contributed by atoms with Crippen molar-refractivity contribution in [2.75, 3.05) is 29.2 Å². The van der Waals surface area contributed by atoms with Crippen LogP contribution in [0.15, 0.2) is 24.5 Å². The van der Waals surface area contributed by atoms with Gasteiger partial charge in [0.15, 0.2) is 18.2 Å². The molecule has 1 saturated heterocycles. The van der Waals surface area contributed by atoms with Crippen LogP contribution >= 0.6 is 23.2 Å². The van der Waals surface area contributed by atoms with E-state index in [2.05, 4.69) is 32.6 Å². The van der Waals surface area contributed by atoms with Crippen LogP contribution in [0.25, 0.3) is 0 Å². The molecule has 1 atom stereocenters. The van der Waals surface area contributed by atoms with Gasteiger partial charge in [-0.3, -0.25) is 15.6 Å². The van der Waals surface area contributed by atoms with Gasteiger partial charge in [-0.2, -0.15) is 0 Å². The predicted octanol–water partition coefficient (Wildman–Crippen LogP) is 3.27. The van der Waals surface area contributed by atoms with Crippen molar-refractivity contribution in [2.24, 2.45) is 0 Å². The summed E-state index contributed by atoms with van der Waals surface area (Å²) in [6, 6.07) is 5.12. The van der Waals surface area contributed by atoms with Gasteiger partial charge in [0, 0.05) is 17.6 Å². The summed E-state index contributed by atoms with van der Waals surface area (Å²) >= 11 is 11.8. The number of amides is 1. The van der Waals surface area contributed by atoms with Crippen LogP contribution in [-0.4, -0.2) is 35.1 Å². The van der Waals surface area contributed by atoms with E-state index in [1.807, 2.05) is 0 Å². The monoisotopic (exact) mass is 424 g/mol. The van der Waals surface area contributed by atoms with E-state index in [1.54, 1.807) is 18.2 Å². The van der Waals surface area contributed by atoms with Crippen LogP contribution in [0, 0.1) is 0 Å². The van der Waals surface area contributed by atoms with Gasteiger partial charge >= 0.3 is 0 Å². The quantitative estimate of drug-likeness (QED) is 0.610. The third kappa shape index (κ3) is 4.88. The van der Waals surface area contributed by atoms with E-state index in [0.29, 0.717) is 39.2 Å². The van der Waals surface area contributed by atoms with Gasteiger partial charge in [0.05, 0.1) is 5.02 Å². The van der Waals surface area contributed by atoms with Crippen LogP contribution in [0.1, 0.15) is 26.2 Å². The Morgan fingerprint density at radius 2 is 2.18 bits per heavy atom. The molecule has 8 nitrogen and oxygen atoms in total. The molecule has 4 N–H and O–H groups in total. The van der Waals surface area contributed by atoms with Crippen molar-refractivity contribution in [1.82, 2.24) is 15.4 Å². The van der Waals surface area contributed by atoms with Crippen molar-refractivity contribution in [1.29, 1.82) is 0 Å². The highest BCUT2D eigenvalue weighted by molar-refractivity contribution is 6.35. The topological polar surface area (TPSA) is 105 Å². The first-order valence-corrected chi connectivity index (χ1v) is 9.71. The minimum absolute atomic E-state index is 0.241. The number of hydrogen-bond acceptors (Lipinski definition) is 7. The van der Waals surface area contributed by atoms with Crippen molar-refractivity contribution in [3.05, 3.63) is 34.6 Å². The molecule has 0 saturated carbocycles. The number of nitrogen functional groups attached to an aromatic ring is 1. The van der Waals surface area contributed by atoms with Gasteiger partial charge in [0.25, 0.3) is 5.91 Å². The van der Waals surface area contributed by atoms with Crippen LogP contribution in [0.5, 0.6) is 5.75 Å². The van der Waals surface area contributed by atoms with E-state index in [0.717, 1.165) is 19.4 Å².